The summed E-state index contributed by atoms with van der Waals surface area (Å²) in [6.45, 7) is 5.96. The number of nitrogens with zero attached hydrogens (tertiary/aromatic N) is 3. The molecule has 0 aliphatic carbocycles. The molecule has 0 saturated heterocycles. The highest BCUT2D eigenvalue weighted by Gasteiger charge is 2.20. The summed E-state index contributed by atoms with van der Waals surface area (Å²) in [6.07, 6.45) is 0. The minimum Gasteiger partial charge on any atom is -0.318 e. The summed E-state index contributed by atoms with van der Waals surface area (Å²) < 4.78 is 1.67. The van der Waals surface area contributed by atoms with Crippen LogP contribution in [0.3, 0.4) is 0 Å². The molecule has 1 heterocycles. The number of amides is 1. The fourth-order valence-corrected chi connectivity index (χ4v) is 3.59. The number of halogens is 2. The van der Waals surface area contributed by atoms with E-state index in [9.17, 15) is 4.79 Å². The van der Waals surface area contributed by atoms with E-state index >= 15 is 0 Å². The molecule has 3 aromatic carbocycles. The molecule has 0 spiro atoms. The lowest BCUT2D eigenvalue weighted by atomic mass is 10.1. The molecule has 5 nitrogen and oxygen atoms in total. The van der Waals surface area contributed by atoms with Crippen molar-refractivity contribution in [2.24, 2.45) is 0 Å². The molecule has 156 valence electrons. The van der Waals surface area contributed by atoms with E-state index in [0.717, 1.165) is 22.4 Å². The maximum Gasteiger partial charge on any atom is 0.295 e. The molecule has 4 aromatic rings. The zero-order valence-corrected chi connectivity index (χ0v) is 18.8. The van der Waals surface area contributed by atoms with Crippen molar-refractivity contribution in [3.63, 3.8) is 0 Å². The van der Waals surface area contributed by atoms with Gasteiger partial charge in [0.15, 0.2) is 5.82 Å². The SMILES string of the molecule is Cc1ccc(-n2nc(C(=O)Nc3c(C)cccc3Cl)nc2-c2ccc(Cl)cc2)cc1C. The Morgan fingerprint density at radius 2 is 1.65 bits per heavy atom. The van der Waals surface area contributed by atoms with Crippen LogP contribution in [0.25, 0.3) is 17.1 Å². The third-order valence-corrected chi connectivity index (χ3v) is 5.68. The molecule has 1 amide bonds. The number of carbonyl (C=O) groups excluding carboxylic acids is 1. The lowest BCUT2D eigenvalue weighted by Gasteiger charge is -2.09. The monoisotopic (exact) mass is 450 g/mol. The Bertz CT molecular complexity index is 1260. The van der Waals surface area contributed by atoms with Gasteiger partial charge in [-0.3, -0.25) is 4.79 Å². The predicted octanol–water partition coefficient (Wildman–Crippen LogP) is 6.42. The van der Waals surface area contributed by atoms with Gasteiger partial charge >= 0.3 is 0 Å². The number of hydrogen-bond donors (Lipinski definition) is 1. The Balaban J connectivity index is 1.80. The topological polar surface area (TPSA) is 59.8 Å². The van der Waals surface area contributed by atoms with Crippen LogP contribution in [-0.4, -0.2) is 20.7 Å². The highest BCUT2D eigenvalue weighted by molar-refractivity contribution is 6.34. The van der Waals surface area contributed by atoms with Crippen molar-refractivity contribution < 1.29 is 4.79 Å². The number of hydrogen-bond acceptors (Lipinski definition) is 3. The van der Waals surface area contributed by atoms with Gasteiger partial charge < -0.3 is 5.32 Å². The molecule has 31 heavy (non-hydrogen) atoms. The van der Waals surface area contributed by atoms with Crippen molar-refractivity contribution in [2.45, 2.75) is 20.8 Å². The van der Waals surface area contributed by atoms with E-state index in [1.807, 2.05) is 63.2 Å². The van der Waals surface area contributed by atoms with Gasteiger partial charge in [0.1, 0.15) is 0 Å². The standard InChI is InChI=1S/C24H20Cl2N4O/c1-14-7-12-19(13-16(14)3)30-23(17-8-10-18(25)11-9-17)28-22(29-30)24(31)27-21-15(2)5-4-6-20(21)26/h4-13H,1-3H3,(H,27,31). The van der Waals surface area contributed by atoms with Crippen molar-refractivity contribution in [1.82, 2.24) is 14.8 Å². The van der Waals surface area contributed by atoms with Crippen LogP contribution in [-0.2, 0) is 0 Å². The fraction of sp³-hybridized carbons (Fsp3) is 0.125. The number of para-hydroxylation sites is 1. The van der Waals surface area contributed by atoms with Crippen molar-refractivity contribution in [2.75, 3.05) is 5.32 Å². The Morgan fingerprint density at radius 3 is 2.32 bits per heavy atom. The van der Waals surface area contributed by atoms with Gasteiger partial charge in [0.05, 0.1) is 16.4 Å². The van der Waals surface area contributed by atoms with Crippen LogP contribution in [0.1, 0.15) is 27.3 Å². The molecule has 0 unspecified atom stereocenters. The number of anilines is 1. The first-order valence-corrected chi connectivity index (χ1v) is 10.5. The smallest absolute Gasteiger partial charge is 0.295 e. The number of nitrogens with one attached hydrogen (secondary N) is 1. The number of aromatic nitrogens is 3. The Hall–Kier alpha value is -3.15. The normalized spacial score (nSPS) is 10.9. The predicted molar refractivity (Wildman–Crippen MR) is 125 cm³/mol. The summed E-state index contributed by atoms with van der Waals surface area (Å²) in [4.78, 5) is 17.5. The lowest BCUT2D eigenvalue weighted by Crippen LogP contribution is -2.15. The van der Waals surface area contributed by atoms with Gasteiger partial charge in [-0.25, -0.2) is 9.67 Å². The fourth-order valence-electron chi connectivity index (χ4n) is 3.19. The summed E-state index contributed by atoms with van der Waals surface area (Å²) in [5, 5.41) is 8.44. The molecule has 1 N–H and O–H groups in total. The van der Waals surface area contributed by atoms with Crippen molar-refractivity contribution in [1.29, 1.82) is 0 Å². The van der Waals surface area contributed by atoms with Crippen LogP contribution < -0.4 is 5.32 Å². The third kappa shape index (κ3) is 4.33. The van der Waals surface area contributed by atoms with Gasteiger partial charge in [-0.15, -0.1) is 5.10 Å². The quantitative estimate of drug-likeness (QED) is 0.390. The number of rotatable bonds is 4. The summed E-state index contributed by atoms with van der Waals surface area (Å²) in [5.41, 5.74) is 5.30. The summed E-state index contributed by atoms with van der Waals surface area (Å²) in [7, 11) is 0. The second-order valence-corrected chi connectivity index (χ2v) is 8.18. The Kier molecular flexibility index (Phi) is 5.81. The molecule has 0 aliphatic rings. The van der Waals surface area contributed by atoms with Gasteiger partial charge in [-0.1, -0.05) is 41.4 Å². The highest BCUT2D eigenvalue weighted by atomic mass is 35.5. The first-order valence-electron chi connectivity index (χ1n) is 9.70. The molecule has 0 aliphatic heterocycles. The minimum atomic E-state index is -0.436. The summed E-state index contributed by atoms with van der Waals surface area (Å²) in [6, 6.07) is 18.7. The maximum absolute atomic E-state index is 13.0. The second-order valence-electron chi connectivity index (χ2n) is 7.33. The number of benzene rings is 3. The zero-order chi connectivity index (χ0) is 22.1. The van der Waals surface area contributed by atoms with E-state index in [2.05, 4.69) is 15.4 Å². The van der Waals surface area contributed by atoms with Crippen LogP contribution in [0.15, 0.2) is 60.7 Å². The van der Waals surface area contributed by atoms with Gasteiger partial charge in [-0.05, 0) is 79.9 Å². The molecule has 0 bridgehead atoms. The van der Waals surface area contributed by atoms with Crippen molar-refractivity contribution >= 4 is 34.8 Å². The van der Waals surface area contributed by atoms with E-state index in [4.69, 9.17) is 23.2 Å². The van der Waals surface area contributed by atoms with E-state index in [-0.39, 0.29) is 5.82 Å². The van der Waals surface area contributed by atoms with E-state index in [0.29, 0.717) is 21.6 Å². The van der Waals surface area contributed by atoms with Crippen molar-refractivity contribution in [3.05, 3.63) is 93.2 Å². The van der Waals surface area contributed by atoms with Crippen molar-refractivity contribution in [3.8, 4) is 17.1 Å². The van der Waals surface area contributed by atoms with E-state index in [1.54, 1.807) is 22.9 Å². The van der Waals surface area contributed by atoms with Crippen LogP contribution in [0.5, 0.6) is 0 Å². The lowest BCUT2D eigenvalue weighted by molar-refractivity contribution is 0.101. The van der Waals surface area contributed by atoms with Gasteiger partial charge in [0.2, 0.25) is 5.82 Å². The van der Waals surface area contributed by atoms with E-state index in [1.165, 1.54) is 5.56 Å². The molecule has 0 saturated carbocycles. The molecule has 0 radical (unpaired) electrons. The minimum absolute atomic E-state index is 0.0440. The molecule has 1 aromatic heterocycles. The first kappa shape index (κ1) is 21.1. The zero-order valence-electron chi connectivity index (χ0n) is 17.3. The summed E-state index contributed by atoms with van der Waals surface area (Å²) >= 11 is 12.3. The molecule has 4 rings (SSSR count). The summed E-state index contributed by atoms with van der Waals surface area (Å²) in [5.74, 6) is 0.150. The molecular formula is C24H20Cl2N4O. The largest absolute Gasteiger partial charge is 0.318 e. The van der Waals surface area contributed by atoms with Crippen LogP contribution in [0, 0.1) is 20.8 Å². The van der Waals surface area contributed by atoms with Crippen LogP contribution in [0.2, 0.25) is 10.0 Å². The molecule has 7 heteroatoms. The van der Waals surface area contributed by atoms with Crippen LogP contribution in [0.4, 0.5) is 5.69 Å². The molecule has 0 fully saturated rings. The Labute approximate surface area is 190 Å². The maximum atomic E-state index is 13.0. The average molecular weight is 451 g/mol. The van der Waals surface area contributed by atoms with Gasteiger partial charge in [0, 0.05) is 10.6 Å². The first-order chi connectivity index (χ1) is 14.8. The number of carbonyl (C=O) groups is 1. The number of aryl methyl sites for hydroxylation is 3. The van der Waals surface area contributed by atoms with Gasteiger partial charge in [-0.2, -0.15) is 0 Å². The highest BCUT2D eigenvalue weighted by Crippen LogP contribution is 2.27. The van der Waals surface area contributed by atoms with E-state index < -0.39 is 5.91 Å². The van der Waals surface area contributed by atoms with Gasteiger partial charge in [0.25, 0.3) is 5.91 Å². The molecule has 0 atom stereocenters. The molecular weight excluding hydrogens is 431 g/mol. The second kappa shape index (κ2) is 8.53. The van der Waals surface area contributed by atoms with Crippen LogP contribution >= 0.6 is 23.2 Å². The average Bonchev–Trinajstić information content (AvgIpc) is 3.19. The Morgan fingerprint density at radius 1 is 0.903 bits per heavy atom. The third-order valence-electron chi connectivity index (χ3n) is 5.11.